The summed E-state index contributed by atoms with van der Waals surface area (Å²) in [4.78, 5) is 0. The standard InChI is InChI=1S/C5H13N.C4H6/c1-2-3-4-5-6;1-3-4-2/h2-6H2,1H3;3-4H,1-2H2. The van der Waals surface area contributed by atoms with E-state index in [9.17, 15) is 0 Å². The fraction of sp³-hybridized carbons (Fsp3) is 0.556. The van der Waals surface area contributed by atoms with Crippen LogP contribution in [0.5, 0.6) is 0 Å². The minimum atomic E-state index is 0.855. The molecule has 0 aromatic heterocycles. The van der Waals surface area contributed by atoms with Crippen LogP contribution in [0.1, 0.15) is 26.2 Å². The summed E-state index contributed by atoms with van der Waals surface area (Å²) in [7, 11) is 0. The van der Waals surface area contributed by atoms with E-state index in [0.717, 1.165) is 6.54 Å². The maximum absolute atomic E-state index is 5.21. The first-order valence-corrected chi connectivity index (χ1v) is 3.77. The molecule has 0 spiro atoms. The average Bonchev–Trinajstić information content (AvgIpc) is 2.01. The van der Waals surface area contributed by atoms with Gasteiger partial charge in [0.1, 0.15) is 0 Å². The largest absolute Gasteiger partial charge is 0.330 e. The van der Waals surface area contributed by atoms with E-state index in [1.165, 1.54) is 19.3 Å². The van der Waals surface area contributed by atoms with E-state index >= 15 is 0 Å². The zero-order valence-corrected chi connectivity index (χ0v) is 6.97. The molecule has 0 aliphatic heterocycles. The van der Waals surface area contributed by atoms with E-state index in [4.69, 9.17) is 5.73 Å². The van der Waals surface area contributed by atoms with E-state index in [1.54, 1.807) is 12.2 Å². The third-order valence-corrected chi connectivity index (χ3v) is 0.974. The third-order valence-electron chi connectivity index (χ3n) is 0.974. The Balaban J connectivity index is 0. The molecule has 2 N–H and O–H groups in total. The van der Waals surface area contributed by atoms with Crippen LogP contribution >= 0.6 is 0 Å². The van der Waals surface area contributed by atoms with Crippen LogP contribution in [0.2, 0.25) is 0 Å². The number of hydrogen-bond acceptors (Lipinski definition) is 1. The van der Waals surface area contributed by atoms with Gasteiger partial charge in [0.2, 0.25) is 0 Å². The van der Waals surface area contributed by atoms with Crippen molar-refractivity contribution < 1.29 is 0 Å². The van der Waals surface area contributed by atoms with Crippen molar-refractivity contribution in [2.75, 3.05) is 6.54 Å². The van der Waals surface area contributed by atoms with Gasteiger partial charge in [0.25, 0.3) is 0 Å². The van der Waals surface area contributed by atoms with Crippen LogP contribution in [0.25, 0.3) is 0 Å². The number of rotatable bonds is 4. The zero-order chi connectivity index (χ0) is 8.24. The Morgan fingerprint density at radius 3 is 1.80 bits per heavy atom. The molecule has 0 unspecified atom stereocenters. The van der Waals surface area contributed by atoms with Crippen LogP contribution in [0.15, 0.2) is 25.3 Å². The summed E-state index contributed by atoms with van der Waals surface area (Å²) < 4.78 is 0. The van der Waals surface area contributed by atoms with Crippen molar-refractivity contribution in [3.63, 3.8) is 0 Å². The summed E-state index contributed by atoms with van der Waals surface area (Å²) >= 11 is 0. The molecule has 0 radical (unpaired) electrons. The van der Waals surface area contributed by atoms with E-state index < -0.39 is 0 Å². The Bertz CT molecular complexity index is 57.1. The van der Waals surface area contributed by atoms with Gasteiger partial charge in [0.15, 0.2) is 0 Å². The topological polar surface area (TPSA) is 26.0 Å². The number of unbranched alkanes of at least 4 members (excludes halogenated alkanes) is 2. The summed E-state index contributed by atoms with van der Waals surface area (Å²) in [6.45, 7) is 9.75. The van der Waals surface area contributed by atoms with Crippen molar-refractivity contribution in [1.29, 1.82) is 0 Å². The van der Waals surface area contributed by atoms with E-state index in [0.29, 0.717) is 0 Å². The van der Waals surface area contributed by atoms with Crippen LogP contribution in [0, 0.1) is 0 Å². The molecular formula is C9H19N. The highest BCUT2D eigenvalue weighted by Crippen LogP contribution is 1.88. The summed E-state index contributed by atoms with van der Waals surface area (Å²) in [5.74, 6) is 0. The van der Waals surface area contributed by atoms with E-state index in [-0.39, 0.29) is 0 Å². The lowest BCUT2D eigenvalue weighted by Crippen LogP contribution is -1.96. The van der Waals surface area contributed by atoms with E-state index in [1.807, 2.05) is 0 Å². The minimum absolute atomic E-state index is 0.855. The predicted molar refractivity (Wildman–Crippen MR) is 49.0 cm³/mol. The highest BCUT2D eigenvalue weighted by atomic mass is 14.5. The Hall–Kier alpha value is -0.560. The van der Waals surface area contributed by atoms with Crippen LogP contribution in [0.3, 0.4) is 0 Å². The fourth-order valence-corrected chi connectivity index (χ4v) is 0.394. The highest BCUT2D eigenvalue weighted by molar-refractivity contribution is 4.88. The number of allylic oxidation sites excluding steroid dienone is 2. The Labute approximate surface area is 64.6 Å². The Kier molecular flexibility index (Phi) is 19.2. The van der Waals surface area contributed by atoms with Crippen LogP contribution in [-0.2, 0) is 0 Å². The molecule has 1 nitrogen and oxygen atoms in total. The van der Waals surface area contributed by atoms with Crippen molar-refractivity contribution >= 4 is 0 Å². The number of nitrogens with two attached hydrogens (primary N) is 1. The molecular weight excluding hydrogens is 122 g/mol. The second-order valence-corrected chi connectivity index (χ2v) is 1.97. The van der Waals surface area contributed by atoms with Crippen molar-refractivity contribution in [3.8, 4) is 0 Å². The van der Waals surface area contributed by atoms with E-state index in [2.05, 4.69) is 20.1 Å². The molecule has 0 atom stereocenters. The van der Waals surface area contributed by atoms with Crippen molar-refractivity contribution in [2.45, 2.75) is 26.2 Å². The van der Waals surface area contributed by atoms with Crippen molar-refractivity contribution in [2.24, 2.45) is 5.73 Å². The van der Waals surface area contributed by atoms with Gasteiger partial charge in [-0.15, -0.1) is 0 Å². The van der Waals surface area contributed by atoms with Gasteiger partial charge in [-0.25, -0.2) is 0 Å². The van der Waals surface area contributed by atoms with Crippen molar-refractivity contribution in [1.82, 2.24) is 0 Å². The SMILES string of the molecule is C=CC=C.CCCCCN. The Morgan fingerprint density at radius 2 is 1.70 bits per heavy atom. The molecule has 0 saturated carbocycles. The summed E-state index contributed by atoms with van der Waals surface area (Å²) in [6, 6.07) is 0. The number of hydrogen-bond donors (Lipinski definition) is 1. The van der Waals surface area contributed by atoms with Gasteiger partial charge in [-0.05, 0) is 13.0 Å². The van der Waals surface area contributed by atoms with Gasteiger partial charge >= 0.3 is 0 Å². The van der Waals surface area contributed by atoms with Gasteiger partial charge in [-0.1, -0.05) is 45.1 Å². The van der Waals surface area contributed by atoms with Gasteiger partial charge in [-0.2, -0.15) is 0 Å². The van der Waals surface area contributed by atoms with Gasteiger partial charge in [0, 0.05) is 0 Å². The lowest BCUT2D eigenvalue weighted by atomic mass is 10.3. The molecule has 0 aliphatic rings. The molecule has 0 aromatic carbocycles. The van der Waals surface area contributed by atoms with Gasteiger partial charge < -0.3 is 5.73 Å². The summed E-state index contributed by atoms with van der Waals surface area (Å²) in [5.41, 5.74) is 5.21. The predicted octanol–water partition coefficient (Wildman–Crippen LogP) is 2.49. The molecule has 0 saturated heterocycles. The fourth-order valence-electron chi connectivity index (χ4n) is 0.394. The summed E-state index contributed by atoms with van der Waals surface area (Å²) in [5, 5.41) is 0. The first kappa shape index (κ1) is 12.1. The molecule has 0 heterocycles. The first-order chi connectivity index (χ1) is 4.83. The highest BCUT2D eigenvalue weighted by Gasteiger charge is 1.75. The van der Waals surface area contributed by atoms with Gasteiger partial charge in [0.05, 0.1) is 0 Å². The minimum Gasteiger partial charge on any atom is -0.330 e. The molecule has 0 aromatic rings. The monoisotopic (exact) mass is 141 g/mol. The molecule has 0 aliphatic carbocycles. The van der Waals surface area contributed by atoms with Gasteiger partial charge in [-0.3, -0.25) is 0 Å². The van der Waals surface area contributed by atoms with Crippen LogP contribution in [-0.4, -0.2) is 6.54 Å². The smallest absolute Gasteiger partial charge is 0.00773 e. The normalized spacial score (nSPS) is 7.40. The molecule has 1 heteroatoms. The second-order valence-electron chi connectivity index (χ2n) is 1.97. The molecule has 0 bridgehead atoms. The first-order valence-electron chi connectivity index (χ1n) is 3.77. The molecule has 10 heavy (non-hydrogen) atoms. The molecule has 60 valence electrons. The quantitative estimate of drug-likeness (QED) is 0.472. The maximum Gasteiger partial charge on any atom is -0.00773 e. The van der Waals surface area contributed by atoms with Crippen LogP contribution < -0.4 is 5.73 Å². The Morgan fingerprint density at radius 1 is 1.20 bits per heavy atom. The summed E-state index contributed by atoms with van der Waals surface area (Å²) in [6.07, 6.45) is 7.03. The third kappa shape index (κ3) is 26.1. The molecule has 0 amide bonds. The lowest BCUT2D eigenvalue weighted by Gasteiger charge is -1.86. The second kappa shape index (κ2) is 15.8. The zero-order valence-electron chi connectivity index (χ0n) is 6.97. The average molecular weight is 141 g/mol. The molecule has 0 rings (SSSR count). The lowest BCUT2D eigenvalue weighted by molar-refractivity contribution is 0.727. The van der Waals surface area contributed by atoms with Crippen LogP contribution in [0.4, 0.5) is 0 Å². The van der Waals surface area contributed by atoms with Crippen molar-refractivity contribution in [3.05, 3.63) is 25.3 Å². The maximum atomic E-state index is 5.21. The molecule has 0 fully saturated rings.